The molecule has 2 N–H and O–H groups in total. The molecule has 51 heavy (non-hydrogen) atoms. The lowest BCUT2D eigenvalue weighted by Gasteiger charge is -2.32. The fourth-order valence-electron chi connectivity index (χ4n) is 8.57. The average Bonchev–Trinajstić information content (AvgIpc) is 3.83. The van der Waals surface area contributed by atoms with Crippen molar-refractivity contribution >= 4 is 60.7 Å². The van der Waals surface area contributed by atoms with Crippen molar-refractivity contribution in [3.63, 3.8) is 0 Å². The molecule has 0 bridgehead atoms. The van der Waals surface area contributed by atoms with Crippen LogP contribution in [0.4, 0.5) is 24.0 Å². The van der Waals surface area contributed by atoms with Gasteiger partial charge >= 0.3 is 6.01 Å². The predicted molar refractivity (Wildman–Crippen MR) is 185 cm³/mol. The molecule has 4 fully saturated rings. The summed E-state index contributed by atoms with van der Waals surface area (Å²) in [5.74, 6) is -1.02. The van der Waals surface area contributed by atoms with Gasteiger partial charge in [0.25, 0.3) is 5.91 Å². The monoisotopic (exact) mass is 739 g/mol. The topological polar surface area (TPSA) is 130 Å². The van der Waals surface area contributed by atoms with Crippen molar-refractivity contribution in [2.45, 2.75) is 56.0 Å². The number of likely N-dealkylation sites (tertiary alicyclic amines) is 1. The number of hydrogen-bond acceptors (Lipinski definition) is 11. The summed E-state index contributed by atoms with van der Waals surface area (Å²) in [6, 6.07) is 4.30. The molecule has 0 aliphatic carbocycles. The number of ether oxygens (including phenoxy) is 3. The van der Waals surface area contributed by atoms with E-state index in [2.05, 4.69) is 9.88 Å². The first-order valence-electron chi connectivity index (χ1n) is 17.1. The minimum Gasteiger partial charge on any atom is -0.489 e. The molecule has 11 nitrogen and oxygen atoms in total. The third-order valence-corrected chi connectivity index (χ3v) is 12.5. The van der Waals surface area contributed by atoms with Gasteiger partial charge in [-0.05, 0) is 37.4 Å². The van der Waals surface area contributed by atoms with Crippen LogP contribution < -0.4 is 20.1 Å². The fraction of sp³-hybridized carbons (Fsp3) is 0.486. The number of halogens is 4. The number of nitrogens with zero attached hydrogens (tertiary/aromatic N) is 6. The van der Waals surface area contributed by atoms with Crippen LogP contribution in [0.5, 0.6) is 11.8 Å². The zero-order valence-electron chi connectivity index (χ0n) is 27.4. The summed E-state index contributed by atoms with van der Waals surface area (Å²) in [5, 5.41) is 10.3. The van der Waals surface area contributed by atoms with Crippen LogP contribution in [0.25, 0.3) is 32.1 Å². The Morgan fingerprint density at radius 1 is 1.18 bits per heavy atom. The lowest BCUT2D eigenvalue weighted by molar-refractivity contribution is -0.155. The molecule has 2 unspecified atom stereocenters. The highest BCUT2D eigenvalue weighted by molar-refractivity contribution is 7.23. The molecule has 2 aromatic heterocycles. The van der Waals surface area contributed by atoms with Crippen LogP contribution in [0.3, 0.4) is 0 Å². The molecule has 4 atom stereocenters. The van der Waals surface area contributed by atoms with E-state index in [9.17, 15) is 14.4 Å². The van der Waals surface area contributed by atoms with Gasteiger partial charge in [-0.15, -0.1) is 11.3 Å². The van der Waals surface area contributed by atoms with E-state index < -0.39 is 29.4 Å². The van der Waals surface area contributed by atoms with Gasteiger partial charge in [-0.1, -0.05) is 17.7 Å². The van der Waals surface area contributed by atoms with Crippen molar-refractivity contribution in [3.8, 4) is 29.0 Å². The smallest absolute Gasteiger partial charge is 0.319 e. The van der Waals surface area contributed by atoms with Crippen LogP contribution in [0.1, 0.15) is 37.7 Å². The number of thiophene rings is 1. The van der Waals surface area contributed by atoms with Crippen molar-refractivity contribution in [1.82, 2.24) is 19.8 Å². The molecule has 1 amide bonds. The number of nitriles is 1. The summed E-state index contributed by atoms with van der Waals surface area (Å²) in [6.07, 6.45) is 1.92. The summed E-state index contributed by atoms with van der Waals surface area (Å²) in [6.45, 7) is 3.20. The minimum absolute atomic E-state index is 0.0150. The highest BCUT2D eigenvalue weighted by atomic mass is 35.5. The highest BCUT2D eigenvalue weighted by Crippen LogP contribution is 2.51. The highest BCUT2D eigenvalue weighted by Gasteiger charge is 2.49. The van der Waals surface area contributed by atoms with Crippen LogP contribution in [0, 0.1) is 23.0 Å². The van der Waals surface area contributed by atoms with Crippen LogP contribution in [-0.4, -0.2) is 102 Å². The van der Waals surface area contributed by atoms with Crippen molar-refractivity contribution in [2.75, 3.05) is 63.2 Å². The maximum Gasteiger partial charge on any atom is 0.319 e. The van der Waals surface area contributed by atoms with Gasteiger partial charge in [0.2, 0.25) is 0 Å². The number of anilines is 2. The maximum atomic E-state index is 17.3. The summed E-state index contributed by atoms with van der Waals surface area (Å²) in [7, 11) is 0. The Balaban J connectivity index is 1.20. The standard InChI is InChI=1S/C35H33ClF3N7O4S/c36-26-24(19-2-3-21(38)30-23(19)20(13-40)31(41)51-30)27(39)28-25-29(26)49-11-9-46(18-4-8-44(15-18)33(47)22-5-10-48-22)32(25)43-34(42-28)50-16-35-6-1-7-45(35)14-17(37)12-35/h2-3,17-18,22H,1,4-12,14-16,41H2/t17-,18?,22?,35+/m1/s1. The van der Waals surface area contributed by atoms with Crippen LogP contribution in [0.2, 0.25) is 5.02 Å². The van der Waals surface area contributed by atoms with Gasteiger partial charge in [0.1, 0.15) is 53.7 Å². The van der Waals surface area contributed by atoms with Crippen molar-refractivity contribution in [3.05, 3.63) is 34.4 Å². The van der Waals surface area contributed by atoms with Crippen molar-refractivity contribution in [1.29, 1.82) is 5.26 Å². The average molecular weight is 740 g/mol. The molecule has 4 saturated heterocycles. The molecular weight excluding hydrogens is 707 g/mol. The van der Waals surface area contributed by atoms with E-state index in [1.807, 2.05) is 11.0 Å². The largest absolute Gasteiger partial charge is 0.489 e. The van der Waals surface area contributed by atoms with Gasteiger partial charge in [-0.25, -0.2) is 13.2 Å². The number of carbonyl (C=O) groups is 1. The zero-order chi connectivity index (χ0) is 35.2. The number of nitrogen functional groups attached to an aromatic ring is 1. The van der Waals surface area contributed by atoms with E-state index in [0.29, 0.717) is 57.9 Å². The lowest BCUT2D eigenvalue weighted by Crippen LogP contribution is -2.46. The second-order valence-corrected chi connectivity index (χ2v) is 15.3. The fourth-order valence-corrected chi connectivity index (χ4v) is 9.86. The second-order valence-electron chi connectivity index (χ2n) is 13.9. The molecular formula is C35H33ClF3N7O4S. The third-order valence-electron chi connectivity index (χ3n) is 11.1. The van der Waals surface area contributed by atoms with E-state index in [4.69, 9.17) is 36.5 Å². The first-order valence-corrected chi connectivity index (χ1v) is 18.3. The lowest BCUT2D eigenvalue weighted by atomic mass is 9.95. The quantitative estimate of drug-likeness (QED) is 0.273. The Kier molecular flexibility index (Phi) is 7.88. The Labute approximate surface area is 299 Å². The number of rotatable bonds is 6. The number of aromatic nitrogens is 2. The summed E-state index contributed by atoms with van der Waals surface area (Å²) < 4.78 is 65.1. The summed E-state index contributed by atoms with van der Waals surface area (Å²) in [4.78, 5) is 28.4. The SMILES string of the molecule is N#Cc1c(N)sc2c(F)ccc(-c3c(Cl)c4c5c(nc(OC[C@@]67CCCN6C[C@H](F)C7)nc5c3F)N(C3CCN(C(=O)C5CCO5)C3)CCO4)c12. The first-order chi connectivity index (χ1) is 24.7. The number of carbonyl (C=O) groups excluding carboxylic acids is 1. The normalized spacial score (nSPS) is 25.9. The number of amides is 1. The van der Waals surface area contributed by atoms with Gasteiger partial charge in [0.15, 0.2) is 11.6 Å². The first kappa shape index (κ1) is 32.8. The van der Waals surface area contributed by atoms with E-state index in [0.717, 1.165) is 30.7 Å². The molecule has 0 spiro atoms. The van der Waals surface area contributed by atoms with E-state index in [1.54, 1.807) is 4.90 Å². The Bertz CT molecular complexity index is 2160. The number of hydrogen-bond donors (Lipinski definition) is 1. The number of fused-ring (bicyclic) bond motifs is 2. The molecule has 5 aliphatic rings. The van der Waals surface area contributed by atoms with Gasteiger partial charge in [0.05, 0.1) is 39.4 Å². The van der Waals surface area contributed by atoms with Crippen LogP contribution in [0.15, 0.2) is 12.1 Å². The molecule has 0 saturated carbocycles. The second kappa shape index (κ2) is 12.3. The molecule has 16 heteroatoms. The van der Waals surface area contributed by atoms with E-state index in [-0.39, 0.29) is 84.6 Å². The number of alkyl halides is 1. The molecule has 266 valence electrons. The molecule has 2 aromatic carbocycles. The zero-order valence-corrected chi connectivity index (χ0v) is 29.0. The molecule has 9 rings (SSSR count). The van der Waals surface area contributed by atoms with Crippen LogP contribution >= 0.6 is 22.9 Å². The van der Waals surface area contributed by atoms with E-state index >= 15 is 8.78 Å². The molecule has 5 aliphatic heterocycles. The third kappa shape index (κ3) is 5.08. The Hall–Kier alpha value is -4.10. The van der Waals surface area contributed by atoms with Crippen molar-refractivity contribution < 1.29 is 32.2 Å². The van der Waals surface area contributed by atoms with Gasteiger partial charge < -0.3 is 29.7 Å². The van der Waals surface area contributed by atoms with Gasteiger partial charge in [-0.3, -0.25) is 9.69 Å². The Morgan fingerprint density at radius 2 is 2.02 bits per heavy atom. The van der Waals surface area contributed by atoms with Gasteiger partial charge in [0, 0.05) is 49.5 Å². The molecule has 7 heterocycles. The van der Waals surface area contributed by atoms with Gasteiger partial charge in [-0.2, -0.15) is 15.2 Å². The number of benzene rings is 2. The van der Waals surface area contributed by atoms with Crippen molar-refractivity contribution in [2.24, 2.45) is 0 Å². The summed E-state index contributed by atoms with van der Waals surface area (Å²) in [5.41, 5.74) is 5.51. The number of nitrogens with two attached hydrogens (primary N) is 1. The molecule has 4 aromatic rings. The Morgan fingerprint density at radius 3 is 2.80 bits per heavy atom. The van der Waals surface area contributed by atoms with Crippen LogP contribution in [-0.2, 0) is 9.53 Å². The maximum absolute atomic E-state index is 17.3. The minimum atomic E-state index is -0.969. The summed E-state index contributed by atoms with van der Waals surface area (Å²) >= 11 is 7.95. The molecule has 0 radical (unpaired) electrons. The predicted octanol–water partition coefficient (Wildman–Crippen LogP) is 5.44. The van der Waals surface area contributed by atoms with E-state index in [1.165, 1.54) is 12.1 Å².